The van der Waals surface area contributed by atoms with Gasteiger partial charge in [0.05, 0.1) is 12.1 Å². The van der Waals surface area contributed by atoms with Crippen LogP contribution in [0.3, 0.4) is 0 Å². The average molecular weight is 320 g/mol. The summed E-state index contributed by atoms with van der Waals surface area (Å²) < 4.78 is 0. The van der Waals surface area contributed by atoms with Gasteiger partial charge >= 0.3 is 0 Å². The first-order valence-corrected chi connectivity index (χ1v) is 6.93. The minimum absolute atomic E-state index is 0. The Morgan fingerprint density at radius 1 is 1.09 bits per heavy atom. The smallest absolute Gasteiger partial charge is 0.243 e. The zero-order chi connectivity index (χ0) is 14.9. The Bertz CT molecular complexity index is 708. The number of nitrogens with one attached hydrogen (secondary N) is 2. The summed E-state index contributed by atoms with van der Waals surface area (Å²) in [4.78, 5) is 23.6. The van der Waals surface area contributed by atoms with Gasteiger partial charge in [-0.1, -0.05) is 36.4 Å². The van der Waals surface area contributed by atoms with Crippen LogP contribution in [0.5, 0.6) is 0 Å². The fraction of sp³-hybridized carbons (Fsp3) is 0.250. The molecule has 3 rings (SSSR count). The van der Waals surface area contributed by atoms with E-state index in [0.29, 0.717) is 12.8 Å². The van der Waals surface area contributed by atoms with Crippen LogP contribution in [0.25, 0.3) is 10.8 Å². The van der Waals surface area contributed by atoms with Crippen molar-refractivity contribution in [1.29, 1.82) is 0 Å². The van der Waals surface area contributed by atoms with Gasteiger partial charge in [0, 0.05) is 11.1 Å². The maximum atomic E-state index is 11.9. The molecule has 0 saturated heterocycles. The van der Waals surface area contributed by atoms with Crippen LogP contribution in [0, 0.1) is 0 Å². The second-order valence-corrected chi connectivity index (χ2v) is 5.41. The highest BCUT2D eigenvalue weighted by Crippen LogP contribution is 2.32. The van der Waals surface area contributed by atoms with E-state index in [9.17, 15) is 9.59 Å². The van der Waals surface area contributed by atoms with Crippen molar-refractivity contribution in [2.75, 3.05) is 11.9 Å². The molecule has 2 aromatic rings. The monoisotopic (exact) mass is 319 g/mol. The number of hydrogen-bond donors (Lipinski definition) is 3. The maximum Gasteiger partial charge on any atom is 0.243 e. The summed E-state index contributed by atoms with van der Waals surface area (Å²) in [6.45, 7) is -0.0684. The van der Waals surface area contributed by atoms with E-state index in [-0.39, 0.29) is 30.8 Å². The largest absolute Gasteiger partial charge is 0.345 e. The SMILES string of the molecule is Cl.NC1(C(=O)NCC(=O)Nc2cccc3ccccc23)CC1. The number of halogens is 1. The molecule has 5 nitrogen and oxygen atoms in total. The molecule has 2 amide bonds. The molecule has 0 spiro atoms. The first kappa shape index (κ1) is 16.3. The van der Waals surface area contributed by atoms with E-state index >= 15 is 0 Å². The van der Waals surface area contributed by atoms with Crippen LogP contribution in [0.2, 0.25) is 0 Å². The first-order valence-electron chi connectivity index (χ1n) is 6.93. The van der Waals surface area contributed by atoms with E-state index in [1.807, 2.05) is 42.5 Å². The van der Waals surface area contributed by atoms with Crippen LogP contribution in [-0.2, 0) is 9.59 Å². The van der Waals surface area contributed by atoms with Crippen LogP contribution >= 0.6 is 12.4 Å². The Balaban J connectivity index is 0.00000176. The van der Waals surface area contributed by atoms with Crippen LogP contribution in [0.15, 0.2) is 42.5 Å². The molecule has 2 aromatic carbocycles. The fourth-order valence-corrected chi connectivity index (χ4v) is 2.23. The fourth-order valence-electron chi connectivity index (χ4n) is 2.23. The van der Waals surface area contributed by atoms with Crippen molar-refractivity contribution < 1.29 is 9.59 Å². The summed E-state index contributed by atoms with van der Waals surface area (Å²) in [5.74, 6) is -0.514. The number of benzene rings is 2. The lowest BCUT2D eigenvalue weighted by atomic mass is 10.1. The summed E-state index contributed by atoms with van der Waals surface area (Å²) in [5.41, 5.74) is 5.75. The van der Waals surface area contributed by atoms with Crippen LogP contribution < -0.4 is 16.4 Å². The molecule has 116 valence electrons. The lowest BCUT2D eigenvalue weighted by Crippen LogP contribution is -2.45. The van der Waals surface area contributed by atoms with E-state index in [1.54, 1.807) is 0 Å². The van der Waals surface area contributed by atoms with Gasteiger partial charge in [-0.25, -0.2) is 0 Å². The van der Waals surface area contributed by atoms with Gasteiger partial charge in [0.15, 0.2) is 0 Å². The third kappa shape index (κ3) is 3.37. The minimum atomic E-state index is -0.750. The van der Waals surface area contributed by atoms with Gasteiger partial charge in [-0.15, -0.1) is 12.4 Å². The van der Waals surface area contributed by atoms with E-state index in [0.717, 1.165) is 16.5 Å². The molecule has 1 saturated carbocycles. The third-order valence-electron chi connectivity index (χ3n) is 3.71. The number of rotatable bonds is 4. The molecule has 4 N–H and O–H groups in total. The van der Waals surface area contributed by atoms with Gasteiger partial charge in [0.1, 0.15) is 0 Å². The van der Waals surface area contributed by atoms with E-state index < -0.39 is 5.54 Å². The van der Waals surface area contributed by atoms with Gasteiger partial charge < -0.3 is 16.4 Å². The molecule has 1 aliphatic carbocycles. The Morgan fingerprint density at radius 3 is 2.50 bits per heavy atom. The van der Waals surface area contributed by atoms with Crippen molar-refractivity contribution in [3.05, 3.63) is 42.5 Å². The van der Waals surface area contributed by atoms with Gasteiger partial charge in [-0.2, -0.15) is 0 Å². The normalized spacial score (nSPS) is 14.8. The third-order valence-corrected chi connectivity index (χ3v) is 3.71. The molecule has 1 fully saturated rings. The summed E-state index contributed by atoms with van der Waals surface area (Å²) in [6, 6.07) is 13.5. The highest BCUT2D eigenvalue weighted by atomic mass is 35.5. The first-order chi connectivity index (χ1) is 10.1. The number of anilines is 1. The molecule has 0 radical (unpaired) electrons. The molecule has 0 aliphatic heterocycles. The van der Waals surface area contributed by atoms with Gasteiger partial charge in [-0.3, -0.25) is 9.59 Å². The van der Waals surface area contributed by atoms with E-state index in [4.69, 9.17) is 5.73 Å². The Kier molecular flexibility index (Phi) is 4.68. The molecule has 0 aromatic heterocycles. The van der Waals surface area contributed by atoms with Crippen molar-refractivity contribution in [3.63, 3.8) is 0 Å². The summed E-state index contributed by atoms with van der Waals surface area (Å²) in [5, 5.41) is 7.42. The molecule has 0 atom stereocenters. The minimum Gasteiger partial charge on any atom is -0.345 e. The van der Waals surface area contributed by atoms with Crippen LogP contribution in [0.4, 0.5) is 5.69 Å². The van der Waals surface area contributed by atoms with Crippen molar-refractivity contribution in [2.45, 2.75) is 18.4 Å². The zero-order valence-corrected chi connectivity index (χ0v) is 12.8. The van der Waals surface area contributed by atoms with Gasteiger partial charge in [-0.05, 0) is 24.3 Å². The van der Waals surface area contributed by atoms with Crippen molar-refractivity contribution in [1.82, 2.24) is 5.32 Å². The second kappa shape index (κ2) is 6.34. The number of nitrogens with two attached hydrogens (primary N) is 1. The quantitative estimate of drug-likeness (QED) is 0.803. The van der Waals surface area contributed by atoms with E-state index in [1.165, 1.54) is 0 Å². The van der Waals surface area contributed by atoms with Gasteiger partial charge in [0.2, 0.25) is 11.8 Å². The predicted molar refractivity (Wildman–Crippen MR) is 89.0 cm³/mol. The highest BCUT2D eigenvalue weighted by Gasteiger charge is 2.45. The van der Waals surface area contributed by atoms with Crippen molar-refractivity contribution in [3.8, 4) is 0 Å². The summed E-state index contributed by atoms with van der Waals surface area (Å²) >= 11 is 0. The predicted octanol–water partition coefficient (Wildman–Crippen LogP) is 1.81. The van der Waals surface area contributed by atoms with Crippen LogP contribution in [0.1, 0.15) is 12.8 Å². The van der Waals surface area contributed by atoms with Crippen molar-refractivity contribution >= 4 is 40.7 Å². The standard InChI is InChI=1S/C16H17N3O2.ClH/c17-16(8-9-16)15(21)18-10-14(20)19-13-7-3-5-11-4-1-2-6-12(11)13;/h1-7H,8-10,17H2,(H,18,21)(H,19,20);1H. The molecule has 0 unspecified atom stereocenters. The Labute approximate surface area is 134 Å². The molecular formula is C16H18ClN3O2. The average Bonchev–Trinajstić information content (AvgIpc) is 3.24. The molecular weight excluding hydrogens is 302 g/mol. The summed E-state index contributed by atoms with van der Waals surface area (Å²) in [7, 11) is 0. The number of hydrogen-bond acceptors (Lipinski definition) is 3. The second-order valence-electron chi connectivity index (χ2n) is 5.41. The number of amides is 2. The maximum absolute atomic E-state index is 11.9. The molecule has 0 bridgehead atoms. The molecule has 22 heavy (non-hydrogen) atoms. The topological polar surface area (TPSA) is 84.2 Å². The van der Waals surface area contributed by atoms with Crippen LogP contribution in [-0.4, -0.2) is 23.9 Å². The number of fused-ring (bicyclic) bond motifs is 1. The molecule has 1 aliphatic rings. The summed E-state index contributed by atoms with van der Waals surface area (Å²) in [6.07, 6.45) is 1.37. The Hall–Kier alpha value is -2.11. The lowest BCUT2D eigenvalue weighted by Gasteiger charge is -2.11. The highest BCUT2D eigenvalue weighted by molar-refractivity contribution is 6.03. The zero-order valence-electron chi connectivity index (χ0n) is 12.0. The van der Waals surface area contributed by atoms with Crippen molar-refractivity contribution in [2.24, 2.45) is 5.73 Å². The molecule has 6 heteroatoms. The molecule has 0 heterocycles. The number of carbonyl (C=O) groups is 2. The van der Waals surface area contributed by atoms with Gasteiger partial charge in [0.25, 0.3) is 0 Å². The number of carbonyl (C=O) groups excluding carboxylic acids is 2. The Morgan fingerprint density at radius 2 is 1.77 bits per heavy atom. The lowest BCUT2D eigenvalue weighted by molar-refractivity contribution is -0.125. The van der Waals surface area contributed by atoms with E-state index in [2.05, 4.69) is 10.6 Å².